The molecular formula is C31H41Li2N5O4S-4. The maximum Gasteiger partial charge on any atom is 1.00 e. The number of aryl methyl sites for hydroxylation is 1. The number of benzene rings is 1. The molecule has 0 aliphatic carbocycles. The molecule has 1 aliphatic rings. The Hall–Kier alpha value is -2.02. The van der Waals surface area contributed by atoms with Gasteiger partial charge in [0.2, 0.25) is 0 Å². The zero-order valence-corrected chi connectivity index (χ0v) is 26.9. The summed E-state index contributed by atoms with van der Waals surface area (Å²) in [5.74, 6) is 1.03. The molecule has 12 heteroatoms. The fraction of sp³-hybridized carbons (Fsp3) is 0.419. The zero-order valence-electron chi connectivity index (χ0n) is 26.1. The summed E-state index contributed by atoms with van der Waals surface area (Å²) in [6.45, 7) is 27.4. The molecule has 1 aliphatic heterocycles. The Bertz CT molecular complexity index is 1200. The largest absolute Gasteiger partial charge is 1.00 e. The Labute approximate surface area is 285 Å². The van der Waals surface area contributed by atoms with Crippen LogP contribution in [0.4, 0.5) is 5.82 Å². The van der Waals surface area contributed by atoms with Gasteiger partial charge >= 0.3 is 43.7 Å². The monoisotopic (exact) mass is 593 g/mol. The normalized spacial score (nSPS) is 12.9. The van der Waals surface area contributed by atoms with Crippen molar-refractivity contribution in [2.24, 2.45) is 0 Å². The van der Waals surface area contributed by atoms with Crippen LogP contribution in [0.5, 0.6) is 11.8 Å². The van der Waals surface area contributed by atoms with Gasteiger partial charge in [-0.05, 0) is 44.5 Å². The number of nitrogens with zero attached hydrogens (tertiary/aromatic N) is 5. The molecule has 0 amide bonds. The summed E-state index contributed by atoms with van der Waals surface area (Å²) in [4.78, 5) is 26.5. The molecule has 1 saturated heterocycles. The van der Waals surface area contributed by atoms with Crippen LogP contribution in [0.25, 0.3) is 10.2 Å². The van der Waals surface area contributed by atoms with Crippen molar-refractivity contribution in [2.75, 3.05) is 57.4 Å². The number of hydrogen-bond donors (Lipinski definition) is 1. The van der Waals surface area contributed by atoms with Crippen LogP contribution in [0, 0.1) is 40.7 Å². The van der Waals surface area contributed by atoms with Crippen LogP contribution < -0.4 is 47.4 Å². The molecule has 0 bridgehead atoms. The van der Waals surface area contributed by atoms with Crippen molar-refractivity contribution in [3.63, 3.8) is 0 Å². The second-order valence-corrected chi connectivity index (χ2v) is 10.2. The van der Waals surface area contributed by atoms with E-state index in [1.165, 1.54) is 18.8 Å². The van der Waals surface area contributed by atoms with E-state index in [1.54, 1.807) is 17.4 Å². The van der Waals surface area contributed by atoms with Gasteiger partial charge < -0.3 is 49.9 Å². The number of rotatable bonds is 10. The number of allylic oxidation sites excluding steroid dienone is 1. The van der Waals surface area contributed by atoms with Gasteiger partial charge in [0.1, 0.15) is 0 Å². The summed E-state index contributed by atoms with van der Waals surface area (Å²) < 4.78 is 12.3. The molecule has 9 nitrogen and oxygen atoms in total. The number of ether oxygens (including phenoxy) is 2. The summed E-state index contributed by atoms with van der Waals surface area (Å²) in [6, 6.07) is 6.49. The number of phenolic OH excluding ortho intramolecular Hbond substituents is 1. The smallest absolute Gasteiger partial charge is 0.566 e. The number of phenols is 1. The molecule has 43 heavy (non-hydrogen) atoms. The van der Waals surface area contributed by atoms with Gasteiger partial charge in [-0.3, -0.25) is 4.98 Å². The second kappa shape index (κ2) is 23.4. The third-order valence-corrected chi connectivity index (χ3v) is 6.95. The van der Waals surface area contributed by atoms with Gasteiger partial charge in [0.05, 0.1) is 18.2 Å². The van der Waals surface area contributed by atoms with Gasteiger partial charge in [-0.15, -0.1) is 25.2 Å². The Morgan fingerprint density at radius 3 is 2.58 bits per heavy atom. The predicted octanol–water partition coefficient (Wildman–Crippen LogP) is -1.21. The van der Waals surface area contributed by atoms with Gasteiger partial charge in [-0.25, -0.2) is 31.0 Å². The summed E-state index contributed by atoms with van der Waals surface area (Å²) in [5, 5.41) is 10.1. The average molecular weight is 594 g/mol. The Morgan fingerprint density at radius 1 is 1.21 bits per heavy atom. The molecule has 0 spiro atoms. The standard InChI is InChI=1S/C20H32N4O2.C8H6NOS.C3H3O.2Li/c1-5-18-17(4)21-20(22-19(18)24(6-2)7-3)26-15-10-12-23-11-8-9-14-25-16-13-23;1-5-9-7-3-2-6(10)4-8(7)11-5;1-2-3-4;;/h1-16H2;2,4,10H,1H3;2H,1H2;;/q-4;2*-1;2*+1. The summed E-state index contributed by atoms with van der Waals surface area (Å²) >= 11 is 1.56. The number of aromatic hydroxyl groups is 1. The molecule has 226 valence electrons. The molecule has 0 radical (unpaired) electrons. The molecule has 3 heterocycles. The maximum absolute atomic E-state index is 9.09. The Kier molecular flexibility index (Phi) is 22.3. The van der Waals surface area contributed by atoms with Crippen LogP contribution in [0.1, 0.15) is 35.5 Å². The Morgan fingerprint density at radius 2 is 1.93 bits per heavy atom. The van der Waals surface area contributed by atoms with E-state index >= 15 is 0 Å². The molecular weight excluding hydrogens is 552 g/mol. The van der Waals surface area contributed by atoms with Crippen LogP contribution in [-0.2, 0) is 16.0 Å². The van der Waals surface area contributed by atoms with E-state index in [2.05, 4.69) is 60.2 Å². The molecule has 3 aromatic rings. The molecule has 0 saturated carbocycles. The van der Waals surface area contributed by atoms with Crippen LogP contribution in [-0.4, -0.2) is 83.8 Å². The first-order chi connectivity index (χ1) is 19.9. The minimum atomic E-state index is 0. The first-order valence-corrected chi connectivity index (χ1v) is 14.4. The number of hydrogen-bond acceptors (Lipinski definition) is 10. The van der Waals surface area contributed by atoms with Crippen molar-refractivity contribution in [2.45, 2.75) is 32.6 Å². The minimum Gasteiger partial charge on any atom is -0.566 e. The van der Waals surface area contributed by atoms with E-state index in [4.69, 9.17) is 19.4 Å². The quantitative estimate of drug-likeness (QED) is 0.134. The second-order valence-electron chi connectivity index (χ2n) is 8.98. The summed E-state index contributed by atoms with van der Waals surface area (Å²) in [5.41, 5.74) is 2.42. The van der Waals surface area contributed by atoms with Gasteiger partial charge in [-0.1, -0.05) is 10.4 Å². The van der Waals surface area contributed by atoms with Crippen molar-refractivity contribution in [3.05, 3.63) is 74.8 Å². The minimum absolute atomic E-state index is 0. The molecule has 1 aromatic carbocycles. The molecule has 1 N–H and O–H groups in total. The average Bonchev–Trinajstić information content (AvgIpc) is 3.32. The van der Waals surface area contributed by atoms with Crippen molar-refractivity contribution < 1.29 is 57.1 Å². The van der Waals surface area contributed by atoms with Crippen LogP contribution >= 0.6 is 11.3 Å². The van der Waals surface area contributed by atoms with Gasteiger partial charge in [0.15, 0.2) is 0 Å². The topological polar surface area (TPSA) is 101 Å². The van der Waals surface area contributed by atoms with Gasteiger partial charge in [0.25, 0.3) is 0 Å². The van der Waals surface area contributed by atoms with Crippen LogP contribution in [0.3, 0.4) is 0 Å². The molecule has 0 unspecified atom stereocenters. The molecule has 4 rings (SSSR count). The fourth-order valence-electron chi connectivity index (χ4n) is 3.99. The molecule has 1 fully saturated rings. The summed E-state index contributed by atoms with van der Waals surface area (Å²) in [6.07, 6.45) is 6.35. The van der Waals surface area contributed by atoms with Crippen LogP contribution in [0.2, 0.25) is 0 Å². The van der Waals surface area contributed by atoms with Crippen molar-refractivity contribution in [3.8, 4) is 11.8 Å². The van der Waals surface area contributed by atoms with Gasteiger partial charge in [-0.2, -0.15) is 28.0 Å². The van der Waals surface area contributed by atoms with E-state index < -0.39 is 0 Å². The van der Waals surface area contributed by atoms with Crippen molar-refractivity contribution in [1.82, 2.24) is 19.9 Å². The number of anilines is 1. The third-order valence-electron chi connectivity index (χ3n) is 6.03. The van der Waals surface area contributed by atoms with E-state index in [0.29, 0.717) is 37.8 Å². The van der Waals surface area contributed by atoms with Crippen molar-refractivity contribution >= 4 is 33.7 Å². The van der Waals surface area contributed by atoms with E-state index in [-0.39, 0.29) is 43.5 Å². The SMILES string of the molecule is C=C[C-]=O.Cc1nc2[c-]cc(O)cc2s1.[CH2-]Cc1c([CH2-])nc(OCCCN2CCCCOCC2)nc1N(C[CH2-])C[CH2-].[Li+].[Li+]. The number of fused-ring (bicyclic) bond motifs is 1. The first-order valence-electron chi connectivity index (χ1n) is 13.6. The van der Waals surface area contributed by atoms with Crippen LogP contribution in [0.15, 0.2) is 24.8 Å². The maximum atomic E-state index is 9.09. The van der Waals surface area contributed by atoms with E-state index in [1.807, 2.05) is 11.8 Å². The predicted molar refractivity (Wildman–Crippen MR) is 166 cm³/mol. The first kappa shape index (κ1) is 41.0. The molecule has 0 atom stereocenters. The fourth-order valence-corrected chi connectivity index (χ4v) is 4.82. The van der Waals surface area contributed by atoms with Gasteiger partial charge in [0, 0.05) is 31.3 Å². The van der Waals surface area contributed by atoms with E-state index in [9.17, 15) is 0 Å². The number of aromatic nitrogens is 3. The zero-order chi connectivity index (χ0) is 30.0. The summed E-state index contributed by atoms with van der Waals surface area (Å²) in [7, 11) is 0. The molecule has 2 aromatic heterocycles. The third kappa shape index (κ3) is 14.5. The van der Waals surface area contributed by atoms with E-state index in [0.717, 1.165) is 78.4 Å². The number of carbonyl (C=O) groups excluding carboxylic acids is 1. The number of thiazole rings is 1. The Balaban J connectivity index is 0.000000857. The van der Waals surface area contributed by atoms with Crippen molar-refractivity contribution in [1.29, 1.82) is 0 Å².